The van der Waals surface area contributed by atoms with Gasteiger partial charge in [-0.05, 0) is 53.0 Å². The molecule has 2 heterocycles. The van der Waals surface area contributed by atoms with E-state index in [4.69, 9.17) is 0 Å². The minimum atomic E-state index is -1.16. The zero-order chi connectivity index (χ0) is 20.7. The first-order valence-electron chi connectivity index (χ1n) is 9.70. The van der Waals surface area contributed by atoms with Crippen LogP contribution in [0.1, 0.15) is 53.0 Å². The van der Waals surface area contributed by atoms with Crippen LogP contribution in [-0.4, -0.2) is 46.4 Å². The molecule has 2 aliphatic heterocycles. The molecule has 28 heavy (non-hydrogen) atoms. The second kappa shape index (κ2) is 6.88. The molecule has 0 spiro atoms. The van der Waals surface area contributed by atoms with Gasteiger partial charge in [0.25, 0.3) is 5.91 Å². The van der Waals surface area contributed by atoms with E-state index in [9.17, 15) is 14.4 Å². The lowest BCUT2D eigenvalue weighted by Gasteiger charge is -2.46. The van der Waals surface area contributed by atoms with Crippen LogP contribution in [0.3, 0.4) is 0 Å². The largest absolute Gasteiger partial charge is 0.352 e. The van der Waals surface area contributed by atoms with E-state index in [1.165, 1.54) is 0 Å². The standard InChI is InChI=1S/C21H30N4O3/c1-19(2)11-15(12-20(3,4)24-19)22-16(26)13-25-17(27)21(5,23-18(25)28)14-9-7-6-8-10-14/h6-10,15,24H,11-13H2,1-5H3,(H,22,26)(H,23,28). The number of benzene rings is 1. The number of nitrogens with one attached hydrogen (secondary N) is 3. The summed E-state index contributed by atoms with van der Waals surface area (Å²) in [4.78, 5) is 39.0. The fourth-order valence-corrected chi connectivity index (χ4v) is 4.65. The van der Waals surface area contributed by atoms with E-state index >= 15 is 0 Å². The van der Waals surface area contributed by atoms with Crippen LogP contribution in [0.2, 0.25) is 0 Å². The van der Waals surface area contributed by atoms with Gasteiger partial charge in [0.2, 0.25) is 5.91 Å². The number of imide groups is 1. The fourth-order valence-electron chi connectivity index (χ4n) is 4.65. The minimum absolute atomic E-state index is 0.0139. The van der Waals surface area contributed by atoms with Gasteiger partial charge in [0, 0.05) is 17.1 Å². The summed E-state index contributed by atoms with van der Waals surface area (Å²) in [5.74, 6) is -0.732. The van der Waals surface area contributed by atoms with Gasteiger partial charge in [0.05, 0.1) is 0 Å². The van der Waals surface area contributed by atoms with Crippen molar-refractivity contribution in [3.63, 3.8) is 0 Å². The van der Waals surface area contributed by atoms with Gasteiger partial charge in [-0.3, -0.25) is 14.5 Å². The van der Waals surface area contributed by atoms with Crippen LogP contribution >= 0.6 is 0 Å². The van der Waals surface area contributed by atoms with E-state index in [-0.39, 0.29) is 29.6 Å². The van der Waals surface area contributed by atoms with E-state index in [1.807, 2.05) is 18.2 Å². The lowest BCUT2D eigenvalue weighted by Crippen LogP contribution is -2.62. The van der Waals surface area contributed by atoms with Gasteiger partial charge in [-0.2, -0.15) is 0 Å². The number of carbonyl (C=O) groups excluding carboxylic acids is 3. The fraction of sp³-hybridized carbons (Fsp3) is 0.571. The first kappa shape index (κ1) is 20.3. The predicted molar refractivity (Wildman–Crippen MR) is 106 cm³/mol. The van der Waals surface area contributed by atoms with Gasteiger partial charge in [0.1, 0.15) is 12.1 Å². The molecule has 1 aromatic carbocycles. The molecule has 3 rings (SSSR count). The molecule has 0 bridgehead atoms. The summed E-state index contributed by atoms with van der Waals surface area (Å²) in [6, 6.07) is 8.51. The van der Waals surface area contributed by atoms with Crippen LogP contribution in [0.5, 0.6) is 0 Å². The highest BCUT2D eigenvalue weighted by Gasteiger charge is 2.49. The van der Waals surface area contributed by atoms with Crippen molar-refractivity contribution in [3.8, 4) is 0 Å². The summed E-state index contributed by atoms with van der Waals surface area (Å²) in [7, 11) is 0. The summed E-state index contributed by atoms with van der Waals surface area (Å²) in [6.07, 6.45) is 1.56. The monoisotopic (exact) mass is 386 g/mol. The molecule has 7 heteroatoms. The van der Waals surface area contributed by atoms with Gasteiger partial charge in [0.15, 0.2) is 0 Å². The van der Waals surface area contributed by atoms with Gasteiger partial charge in [-0.15, -0.1) is 0 Å². The van der Waals surface area contributed by atoms with Crippen LogP contribution in [0.15, 0.2) is 30.3 Å². The quantitative estimate of drug-likeness (QED) is 0.689. The highest BCUT2D eigenvalue weighted by atomic mass is 16.2. The van der Waals surface area contributed by atoms with Crippen molar-refractivity contribution in [2.75, 3.05) is 6.54 Å². The molecule has 0 aromatic heterocycles. The molecular weight excluding hydrogens is 356 g/mol. The molecule has 1 unspecified atom stereocenters. The topological polar surface area (TPSA) is 90.5 Å². The second-order valence-corrected chi connectivity index (χ2v) is 9.38. The SMILES string of the molecule is CC1(C)CC(NC(=O)CN2C(=O)NC(C)(c3ccccc3)C2=O)CC(C)(C)N1. The van der Waals surface area contributed by atoms with Crippen molar-refractivity contribution in [3.05, 3.63) is 35.9 Å². The zero-order valence-electron chi connectivity index (χ0n) is 17.3. The summed E-state index contributed by atoms with van der Waals surface area (Å²) >= 11 is 0. The Balaban J connectivity index is 1.67. The molecule has 4 amide bonds. The molecule has 152 valence electrons. The Hall–Kier alpha value is -2.41. The molecule has 0 aliphatic carbocycles. The first-order chi connectivity index (χ1) is 12.9. The number of urea groups is 1. The summed E-state index contributed by atoms with van der Waals surface area (Å²) < 4.78 is 0. The smallest absolute Gasteiger partial charge is 0.325 e. The van der Waals surface area contributed by atoms with Gasteiger partial charge in [-0.25, -0.2) is 4.79 Å². The Kier molecular flexibility index (Phi) is 5.00. The average Bonchev–Trinajstić information content (AvgIpc) is 2.77. The highest BCUT2D eigenvalue weighted by Crippen LogP contribution is 2.30. The normalized spacial score (nSPS) is 26.8. The van der Waals surface area contributed by atoms with E-state index in [0.717, 1.165) is 17.7 Å². The molecule has 2 fully saturated rings. The van der Waals surface area contributed by atoms with E-state index in [0.29, 0.717) is 5.56 Å². The Labute approximate surface area is 166 Å². The lowest BCUT2D eigenvalue weighted by molar-refractivity contribution is -0.135. The van der Waals surface area contributed by atoms with Gasteiger partial charge < -0.3 is 16.0 Å². The third-order valence-electron chi connectivity index (χ3n) is 5.48. The third kappa shape index (κ3) is 4.04. The van der Waals surface area contributed by atoms with Crippen molar-refractivity contribution in [1.29, 1.82) is 0 Å². The third-order valence-corrected chi connectivity index (χ3v) is 5.48. The van der Waals surface area contributed by atoms with Crippen LogP contribution in [-0.2, 0) is 15.1 Å². The summed E-state index contributed by atoms with van der Waals surface area (Å²) in [6.45, 7) is 9.81. The maximum absolute atomic E-state index is 12.9. The number of carbonyl (C=O) groups is 3. The Morgan fingerprint density at radius 3 is 2.21 bits per heavy atom. The molecule has 3 N–H and O–H groups in total. The molecule has 2 saturated heterocycles. The second-order valence-electron chi connectivity index (χ2n) is 9.38. The minimum Gasteiger partial charge on any atom is -0.352 e. The van der Waals surface area contributed by atoms with Gasteiger partial charge in [-0.1, -0.05) is 30.3 Å². The number of rotatable bonds is 4. The maximum Gasteiger partial charge on any atom is 0.325 e. The molecule has 7 nitrogen and oxygen atoms in total. The van der Waals surface area contributed by atoms with Crippen molar-refractivity contribution >= 4 is 17.8 Å². The summed E-state index contributed by atoms with van der Waals surface area (Å²) in [5.41, 5.74) is -0.672. The van der Waals surface area contributed by atoms with Crippen LogP contribution in [0.4, 0.5) is 4.79 Å². The van der Waals surface area contributed by atoms with E-state index in [2.05, 4.69) is 43.6 Å². The lowest BCUT2D eigenvalue weighted by atomic mass is 9.79. The van der Waals surface area contributed by atoms with Crippen LogP contribution < -0.4 is 16.0 Å². The first-order valence-corrected chi connectivity index (χ1v) is 9.70. The summed E-state index contributed by atoms with van der Waals surface area (Å²) in [5, 5.41) is 9.31. The van der Waals surface area contributed by atoms with Crippen LogP contribution in [0.25, 0.3) is 0 Å². The van der Waals surface area contributed by atoms with Crippen LogP contribution in [0, 0.1) is 0 Å². The predicted octanol–water partition coefficient (Wildman–Crippen LogP) is 1.88. The molecule has 1 atom stereocenters. The zero-order valence-corrected chi connectivity index (χ0v) is 17.3. The van der Waals surface area contributed by atoms with Crippen molar-refractivity contribution in [2.45, 2.75) is 70.1 Å². The maximum atomic E-state index is 12.9. The van der Waals surface area contributed by atoms with Gasteiger partial charge >= 0.3 is 6.03 Å². The van der Waals surface area contributed by atoms with E-state index < -0.39 is 17.5 Å². The van der Waals surface area contributed by atoms with Crippen molar-refractivity contribution < 1.29 is 14.4 Å². The molecule has 2 aliphatic rings. The Bertz CT molecular complexity index is 774. The highest BCUT2D eigenvalue weighted by molar-refractivity contribution is 6.09. The van der Waals surface area contributed by atoms with E-state index in [1.54, 1.807) is 19.1 Å². The molecule has 0 saturated carbocycles. The molecular formula is C21H30N4O3. The van der Waals surface area contributed by atoms with Crippen molar-refractivity contribution in [1.82, 2.24) is 20.9 Å². The Morgan fingerprint density at radius 1 is 1.07 bits per heavy atom. The number of hydrogen-bond donors (Lipinski definition) is 3. The number of piperidine rings is 1. The molecule has 1 aromatic rings. The molecule has 0 radical (unpaired) electrons. The van der Waals surface area contributed by atoms with Crippen molar-refractivity contribution in [2.24, 2.45) is 0 Å². The number of hydrogen-bond acceptors (Lipinski definition) is 4. The Morgan fingerprint density at radius 2 is 1.64 bits per heavy atom. The number of nitrogens with zero attached hydrogens (tertiary/aromatic N) is 1. The average molecular weight is 386 g/mol. The number of amides is 4.